The number of fused-ring (bicyclic) bond motifs is 2. The molecule has 0 spiro atoms. The number of unbranched alkanes of at least 4 members (excludes halogenated alkanes) is 4. The van der Waals surface area contributed by atoms with Crippen LogP contribution in [0.5, 0.6) is 11.5 Å². The third kappa shape index (κ3) is 9.76. The number of benzene rings is 3. The Bertz CT molecular complexity index is 1330. The first kappa shape index (κ1) is 35.0. The number of aldehydes is 2. The molecule has 1 aliphatic rings. The highest BCUT2D eigenvalue weighted by Crippen LogP contribution is 2.41. The Labute approximate surface area is 263 Å². The van der Waals surface area contributed by atoms with Crippen LogP contribution in [0.1, 0.15) is 107 Å². The second-order valence-electron chi connectivity index (χ2n) is 11.1. The van der Waals surface area contributed by atoms with Gasteiger partial charge < -0.3 is 18.9 Å². The summed E-state index contributed by atoms with van der Waals surface area (Å²) < 4.78 is 24.0. The molecule has 0 saturated heterocycles. The van der Waals surface area contributed by atoms with E-state index in [0.29, 0.717) is 44.2 Å². The Kier molecular flexibility index (Phi) is 15.1. The molecular weight excluding hydrogens is 552 g/mol. The van der Waals surface area contributed by atoms with Crippen LogP contribution in [0, 0.1) is 0 Å². The monoisotopic (exact) mass is 602 g/mol. The Balaban J connectivity index is 0.000000240. The molecule has 0 N–H and O–H groups in total. The summed E-state index contributed by atoms with van der Waals surface area (Å²) in [6.07, 6.45) is 12.5. The van der Waals surface area contributed by atoms with Gasteiger partial charge in [0.05, 0.1) is 32.0 Å². The van der Waals surface area contributed by atoms with Gasteiger partial charge >= 0.3 is 0 Å². The molecule has 6 nitrogen and oxygen atoms in total. The average Bonchev–Trinajstić information content (AvgIpc) is 3.05. The van der Waals surface area contributed by atoms with E-state index < -0.39 is 5.79 Å². The zero-order valence-electron chi connectivity index (χ0n) is 27.1. The zero-order chi connectivity index (χ0) is 31.6. The molecule has 0 amide bonds. The predicted molar refractivity (Wildman–Crippen MR) is 179 cm³/mol. The van der Waals surface area contributed by atoms with Gasteiger partial charge in [-0.15, -0.1) is 0 Å². The molecule has 3 aromatic carbocycles. The number of ether oxygens (including phenoxy) is 4. The van der Waals surface area contributed by atoms with E-state index in [1.54, 1.807) is 0 Å². The molecule has 0 fully saturated rings. The van der Waals surface area contributed by atoms with Gasteiger partial charge in [0.25, 0.3) is 0 Å². The summed E-state index contributed by atoms with van der Waals surface area (Å²) in [4.78, 5) is 22.7. The minimum Gasteiger partial charge on any atom is -0.493 e. The highest BCUT2D eigenvalue weighted by atomic mass is 16.7. The van der Waals surface area contributed by atoms with E-state index in [1.807, 2.05) is 60.7 Å². The van der Waals surface area contributed by atoms with Crippen LogP contribution < -0.4 is 9.47 Å². The van der Waals surface area contributed by atoms with Crippen LogP contribution in [0.4, 0.5) is 0 Å². The van der Waals surface area contributed by atoms with Crippen molar-refractivity contribution < 1.29 is 28.5 Å². The number of hydrogen-bond donors (Lipinski definition) is 0. The largest absolute Gasteiger partial charge is 0.493 e. The number of rotatable bonds is 18. The Hall–Kier alpha value is -3.48. The number of carbonyl (C=O) groups is 2. The molecule has 0 unspecified atom stereocenters. The lowest BCUT2D eigenvalue weighted by molar-refractivity contribution is -0.247. The first-order chi connectivity index (χ1) is 21.5. The van der Waals surface area contributed by atoms with Crippen LogP contribution in [0.2, 0.25) is 0 Å². The van der Waals surface area contributed by atoms with Gasteiger partial charge in [0.2, 0.25) is 0 Å². The van der Waals surface area contributed by atoms with Crippen molar-refractivity contribution in [2.24, 2.45) is 0 Å². The molecule has 1 aliphatic carbocycles. The molecule has 0 heterocycles. The molecule has 0 bridgehead atoms. The normalized spacial score (nSPS) is 13.3. The summed E-state index contributed by atoms with van der Waals surface area (Å²) >= 11 is 0. The first-order valence-corrected chi connectivity index (χ1v) is 16.4. The molecule has 0 aliphatic heterocycles. The topological polar surface area (TPSA) is 71.1 Å². The highest BCUT2D eigenvalue weighted by molar-refractivity contribution is 5.95. The molecule has 4 rings (SSSR count). The fraction of sp³-hybridized carbons (Fsp3) is 0.474. The highest BCUT2D eigenvalue weighted by Gasteiger charge is 2.39. The van der Waals surface area contributed by atoms with Crippen molar-refractivity contribution in [1.29, 1.82) is 0 Å². The maximum atomic E-state index is 11.4. The average molecular weight is 603 g/mol. The van der Waals surface area contributed by atoms with Crippen molar-refractivity contribution in [2.75, 3.05) is 26.4 Å². The van der Waals surface area contributed by atoms with Crippen molar-refractivity contribution in [3.8, 4) is 11.5 Å². The summed E-state index contributed by atoms with van der Waals surface area (Å²) in [5.41, 5.74) is 3.36. The van der Waals surface area contributed by atoms with Gasteiger partial charge in [-0.25, -0.2) is 0 Å². The lowest BCUT2D eigenvalue weighted by atomic mass is 9.87. The van der Waals surface area contributed by atoms with E-state index in [-0.39, 0.29) is 0 Å². The van der Waals surface area contributed by atoms with Crippen molar-refractivity contribution in [1.82, 2.24) is 0 Å². The smallest absolute Gasteiger partial charge is 0.199 e. The van der Waals surface area contributed by atoms with Gasteiger partial charge in [-0.3, -0.25) is 9.59 Å². The predicted octanol–water partition coefficient (Wildman–Crippen LogP) is 9.47. The van der Waals surface area contributed by atoms with Crippen LogP contribution in [-0.4, -0.2) is 39.0 Å². The number of carbonyl (C=O) groups excluding carboxylic acids is 2. The van der Waals surface area contributed by atoms with Crippen LogP contribution in [0.15, 0.2) is 60.2 Å². The van der Waals surface area contributed by atoms with Gasteiger partial charge in [-0.2, -0.15) is 0 Å². The molecule has 0 atom stereocenters. The standard InChI is InChI=1S/C19H26O3.C19H24O3/c1-3-5-11-21-19(22-12-6-4-2)14-16(15-20)13-17-9-7-8-10-18(17)19;1-3-5-10-21-18-9-7-8-15-13-19(22-11-6-4-2)16(14-20)12-17(15)18/h7-10,13,15H,3-6,11-12,14H2,1-2H3;7-9,12-14H,3-6,10-11H2,1-2H3. The van der Waals surface area contributed by atoms with E-state index in [0.717, 1.165) is 97.2 Å². The summed E-state index contributed by atoms with van der Waals surface area (Å²) in [7, 11) is 0. The fourth-order valence-electron chi connectivity index (χ4n) is 5.01. The van der Waals surface area contributed by atoms with Crippen LogP contribution in [0.25, 0.3) is 16.8 Å². The molecule has 3 aromatic rings. The second-order valence-corrected chi connectivity index (χ2v) is 11.1. The second kappa shape index (κ2) is 19.0. The zero-order valence-corrected chi connectivity index (χ0v) is 27.1. The van der Waals surface area contributed by atoms with Crippen LogP contribution in [0.3, 0.4) is 0 Å². The van der Waals surface area contributed by atoms with Crippen LogP contribution in [-0.2, 0) is 20.1 Å². The third-order valence-electron chi connectivity index (χ3n) is 7.58. The quantitative estimate of drug-likeness (QED) is 0.0820. The molecule has 238 valence electrons. The van der Waals surface area contributed by atoms with E-state index >= 15 is 0 Å². The summed E-state index contributed by atoms with van der Waals surface area (Å²) in [5.74, 6) is 0.669. The Morgan fingerprint density at radius 2 is 1.30 bits per heavy atom. The maximum absolute atomic E-state index is 11.4. The number of hydrogen-bond acceptors (Lipinski definition) is 6. The lowest BCUT2D eigenvalue weighted by Crippen LogP contribution is -2.37. The van der Waals surface area contributed by atoms with Crippen molar-refractivity contribution >= 4 is 29.4 Å². The molecule has 44 heavy (non-hydrogen) atoms. The minimum absolute atomic E-state index is 0.487. The van der Waals surface area contributed by atoms with Gasteiger partial charge in [-0.05, 0) is 66.5 Å². The Morgan fingerprint density at radius 1 is 0.682 bits per heavy atom. The van der Waals surface area contributed by atoms with E-state index in [1.165, 1.54) is 0 Å². The Morgan fingerprint density at radius 3 is 1.91 bits per heavy atom. The summed E-state index contributed by atoms with van der Waals surface area (Å²) in [5, 5.41) is 2.00. The van der Waals surface area contributed by atoms with E-state index in [9.17, 15) is 9.59 Å². The molecule has 0 saturated carbocycles. The van der Waals surface area contributed by atoms with Crippen molar-refractivity contribution in [2.45, 2.75) is 91.3 Å². The molecule has 6 heteroatoms. The third-order valence-corrected chi connectivity index (χ3v) is 7.58. The molecule has 0 radical (unpaired) electrons. The van der Waals surface area contributed by atoms with Gasteiger partial charge in [-0.1, -0.05) is 89.8 Å². The van der Waals surface area contributed by atoms with Crippen molar-refractivity contribution in [3.05, 3.63) is 76.9 Å². The van der Waals surface area contributed by atoms with E-state index in [2.05, 4.69) is 27.7 Å². The molecule has 0 aromatic heterocycles. The summed E-state index contributed by atoms with van der Waals surface area (Å²) in [6, 6.07) is 17.8. The fourth-order valence-corrected chi connectivity index (χ4v) is 5.01. The first-order valence-electron chi connectivity index (χ1n) is 16.4. The maximum Gasteiger partial charge on any atom is 0.199 e. The van der Waals surface area contributed by atoms with E-state index in [4.69, 9.17) is 18.9 Å². The summed E-state index contributed by atoms with van der Waals surface area (Å²) in [6.45, 7) is 11.1. The van der Waals surface area contributed by atoms with Gasteiger partial charge in [0.15, 0.2) is 12.1 Å². The lowest BCUT2D eigenvalue weighted by Gasteiger charge is -2.38. The van der Waals surface area contributed by atoms with Crippen LogP contribution >= 0.6 is 0 Å². The van der Waals surface area contributed by atoms with Gasteiger partial charge in [0, 0.05) is 17.4 Å². The van der Waals surface area contributed by atoms with Gasteiger partial charge in [0.1, 0.15) is 17.8 Å². The molecular formula is C38H50O6. The minimum atomic E-state index is -0.814. The SMILES string of the molecule is CCCCOC1(OCCCC)CC(C=O)=Cc2ccccc21.CCCCOc1cc2cccc(OCCCC)c2cc1C=O. The van der Waals surface area contributed by atoms with Crippen molar-refractivity contribution in [3.63, 3.8) is 0 Å².